The average Bonchev–Trinajstić information content (AvgIpc) is 3.39. The maximum absolute atomic E-state index is 12.4. The monoisotopic (exact) mass is 448 g/mol. The molecule has 33 heavy (non-hydrogen) atoms. The Labute approximate surface area is 190 Å². The van der Waals surface area contributed by atoms with Crippen LogP contribution in [-0.2, 0) is 9.53 Å². The zero-order valence-electron chi connectivity index (χ0n) is 18.2. The van der Waals surface area contributed by atoms with E-state index < -0.39 is 23.4 Å². The van der Waals surface area contributed by atoms with Gasteiger partial charge in [0, 0.05) is 18.5 Å². The van der Waals surface area contributed by atoms with Gasteiger partial charge in [0.15, 0.2) is 5.82 Å². The molecule has 1 aliphatic rings. The third kappa shape index (κ3) is 4.57. The Morgan fingerprint density at radius 1 is 1.06 bits per heavy atom. The van der Waals surface area contributed by atoms with E-state index in [2.05, 4.69) is 33.0 Å². The molecule has 2 aromatic carbocycles. The molecule has 0 spiro atoms. The number of aromatic nitrogens is 2. The lowest BCUT2D eigenvalue weighted by Gasteiger charge is -2.18. The maximum Gasteiger partial charge on any atom is 0.412 e. The summed E-state index contributed by atoms with van der Waals surface area (Å²) < 4.78 is 5.46. The number of ether oxygens (including phenoxy) is 1. The van der Waals surface area contributed by atoms with Crippen LogP contribution >= 0.6 is 0 Å². The fourth-order valence-corrected chi connectivity index (χ4v) is 3.71. The Bertz CT molecular complexity index is 1170. The fourth-order valence-electron chi connectivity index (χ4n) is 3.71. The Kier molecular flexibility index (Phi) is 5.87. The minimum Gasteiger partial charge on any atom is -0.481 e. The van der Waals surface area contributed by atoms with Crippen LogP contribution in [0, 0.1) is 5.41 Å². The average molecular weight is 448 g/mol. The SMILES string of the molecule is CC(C)(CNC(=O)c1cc(NC(=O)OCC2c3ccccc3-c3ccccc32)n[nH]1)C(=O)O. The van der Waals surface area contributed by atoms with Crippen molar-refractivity contribution in [2.24, 2.45) is 5.41 Å². The van der Waals surface area contributed by atoms with Crippen LogP contribution in [0.25, 0.3) is 11.1 Å². The molecule has 3 aromatic rings. The molecule has 0 bridgehead atoms. The first kappa shape index (κ1) is 22.1. The number of carboxylic acid groups (broad SMARTS) is 1. The Morgan fingerprint density at radius 3 is 2.27 bits per heavy atom. The summed E-state index contributed by atoms with van der Waals surface area (Å²) in [5, 5.41) is 20.6. The van der Waals surface area contributed by atoms with E-state index in [4.69, 9.17) is 9.84 Å². The molecule has 0 fully saturated rings. The zero-order chi connectivity index (χ0) is 23.6. The van der Waals surface area contributed by atoms with E-state index >= 15 is 0 Å². The number of fused-ring (bicyclic) bond motifs is 3. The van der Waals surface area contributed by atoms with Gasteiger partial charge in [-0.1, -0.05) is 48.5 Å². The van der Waals surface area contributed by atoms with Crippen molar-refractivity contribution in [3.05, 3.63) is 71.4 Å². The van der Waals surface area contributed by atoms with E-state index in [1.165, 1.54) is 19.9 Å². The van der Waals surface area contributed by atoms with E-state index in [0.29, 0.717) is 0 Å². The second kappa shape index (κ2) is 8.78. The molecule has 0 atom stereocenters. The van der Waals surface area contributed by atoms with Crippen molar-refractivity contribution in [3.8, 4) is 11.1 Å². The van der Waals surface area contributed by atoms with Crippen molar-refractivity contribution < 1.29 is 24.2 Å². The first-order valence-electron chi connectivity index (χ1n) is 10.5. The Balaban J connectivity index is 1.35. The first-order chi connectivity index (χ1) is 15.8. The van der Waals surface area contributed by atoms with Crippen LogP contribution < -0.4 is 10.6 Å². The van der Waals surface area contributed by atoms with Crippen molar-refractivity contribution in [1.82, 2.24) is 15.5 Å². The Hall–Kier alpha value is -4.14. The van der Waals surface area contributed by atoms with E-state index in [0.717, 1.165) is 22.3 Å². The number of carbonyl (C=O) groups excluding carboxylic acids is 2. The van der Waals surface area contributed by atoms with E-state index in [-0.39, 0.29) is 30.6 Å². The molecule has 0 aliphatic heterocycles. The Morgan fingerprint density at radius 2 is 1.67 bits per heavy atom. The van der Waals surface area contributed by atoms with Crippen molar-refractivity contribution >= 4 is 23.8 Å². The number of nitrogens with zero attached hydrogens (tertiary/aromatic N) is 1. The van der Waals surface area contributed by atoms with Gasteiger partial charge in [-0.3, -0.25) is 20.0 Å². The van der Waals surface area contributed by atoms with Crippen molar-refractivity contribution in [1.29, 1.82) is 0 Å². The summed E-state index contributed by atoms with van der Waals surface area (Å²) in [7, 11) is 0. The molecule has 0 saturated heterocycles. The number of anilines is 1. The highest BCUT2D eigenvalue weighted by Gasteiger charge is 2.30. The fraction of sp³-hybridized carbons (Fsp3) is 0.250. The number of aliphatic carboxylic acids is 1. The summed E-state index contributed by atoms with van der Waals surface area (Å²) in [6.45, 7) is 3.11. The minimum absolute atomic E-state index is 0.0602. The molecule has 1 aliphatic carbocycles. The highest BCUT2D eigenvalue weighted by atomic mass is 16.5. The molecule has 1 heterocycles. The smallest absolute Gasteiger partial charge is 0.412 e. The number of hydrogen-bond acceptors (Lipinski definition) is 5. The van der Waals surface area contributed by atoms with Crippen LogP contribution in [0.2, 0.25) is 0 Å². The molecule has 4 rings (SSSR count). The molecule has 0 unspecified atom stereocenters. The highest BCUT2D eigenvalue weighted by molar-refractivity contribution is 5.94. The number of benzene rings is 2. The number of rotatable bonds is 7. The van der Waals surface area contributed by atoms with Crippen LogP contribution in [0.1, 0.15) is 41.4 Å². The van der Waals surface area contributed by atoms with Gasteiger partial charge in [0.05, 0.1) is 5.41 Å². The molecular weight excluding hydrogens is 424 g/mol. The van der Waals surface area contributed by atoms with Gasteiger partial charge in [-0.25, -0.2) is 4.79 Å². The molecule has 9 heteroatoms. The molecule has 2 amide bonds. The van der Waals surface area contributed by atoms with Crippen LogP contribution in [0.5, 0.6) is 0 Å². The van der Waals surface area contributed by atoms with Crippen molar-refractivity contribution in [2.45, 2.75) is 19.8 Å². The third-order valence-electron chi connectivity index (χ3n) is 5.67. The second-order valence-corrected chi connectivity index (χ2v) is 8.49. The van der Waals surface area contributed by atoms with Crippen LogP contribution in [0.15, 0.2) is 54.6 Å². The van der Waals surface area contributed by atoms with Gasteiger partial charge >= 0.3 is 12.1 Å². The maximum atomic E-state index is 12.4. The summed E-state index contributed by atoms with van der Waals surface area (Å²) in [5.74, 6) is -1.50. The highest BCUT2D eigenvalue weighted by Crippen LogP contribution is 2.44. The van der Waals surface area contributed by atoms with Gasteiger partial charge < -0.3 is 15.2 Å². The largest absolute Gasteiger partial charge is 0.481 e. The minimum atomic E-state index is -1.11. The van der Waals surface area contributed by atoms with Crippen molar-refractivity contribution in [3.63, 3.8) is 0 Å². The first-order valence-corrected chi connectivity index (χ1v) is 10.5. The van der Waals surface area contributed by atoms with Gasteiger partial charge in [0.1, 0.15) is 12.3 Å². The molecule has 4 N–H and O–H groups in total. The summed E-state index contributed by atoms with van der Waals surface area (Å²) in [4.78, 5) is 35.7. The van der Waals surface area contributed by atoms with Crippen LogP contribution in [0.3, 0.4) is 0 Å². The summed E-state index contributed by atoms with van der Waals surface area (Å²) in [5.41, 5.74) is 3.46. The zero-order valence-corrected chi connectivity index (χ0v) is 18.2. The molecule has 170 valence electrons. The molecule has 0 saturated carbocycles. The quantitative estimate of drug-likeness (QED) is 0.436. The number of aromatic amines is 1. The molecular formula is C24H24N4O5. The predicted molar refractivity (Wildman–Crippen MR) is 121 cm³/mol. The number of carbonyl (C=O) groups is 3. The number of H-pyrrole nitrogens is 1. The van der Waals surface area contributed by atoms with Crippen LogP contribution in [0.4, 0.5) is 10.6 Å². The lowest BCUT2D eigenvalue weighted by Crippen LogP contribution is -2.39. The number of amides is 2. The summed E-state index contributed by atoms with van der Waals surface area (Å²) >= 11 is 0. The van der Waals surface area contributed by atoms with Crippen LogP contribution in [-0.4, -0.2) is 46.4 Å². The lowest BCUT2D eigenvalue weighted by molar-refractivity contribution is -0.146. The van der Waals surface area contributed by atoms with E-state index in [1.807, 2.05) is 36.4 Å². The van der Waals surface area contributed by atoms with Gasteiger partial charge in [0.2, 0.25) is 0 Å². The molecule has 0 radical (unpaired) electrons. The van der Waals surface area contributed by atoms with Gasteiger partial charge in [-0.15, -0.1) is 0 Å². The number of carboxylic acids is 1. The van der Waals surface area contributed by atoms with Crippen molar-refractivity contribution in [2.75, 3.05) is 18.5 Å². The molecule has 1 aromatic heterocycles. The number of nitrogens with one attached hydrogen (secondary N) is 3. The number of hydrogen-bond donors (Lipinski definition) is 4. The lowest BCUT2D eigenvalue weighted by atomic mass is 9.94. The van der Waals surface area contributed by atoms with Gasteiger partial charge in [-0.05, 0) is 36.1 Å². The summed E-state index contributed by atoms with van der Waals surface area (Å²) in [6, 6.07) is 17.4. The summed E-state index contributed by atoms with van der Waals surface area (Å²) in [6.07, 6.45) is -0.692. The second-order valence-electron chi connectivity index (χ2n) is 8.49. The standard InChI is InChI=1S/C24H24N4O5/c1-24(2,22(30)31)13-25-21(29)19-11-20(28-27-19)26-23(32)33-12-18-16-9-5-3-7-14(16)15-8-4-6-10-17(15)18/h3-11,18H,12-13H2,1-2H3,(H,25,29)(H,30,31)(H2,26,27,28,32). The third-order valence-corrected chi connectivity index (χ3v) is 5.67. The normalized spacial score (nSPS) is 12.5. The predicted octanol–water partition coefficient (Wildman–Crippen LogP) is 3.61. The van der Waals surface area contributed by atoms with Gasteiger partial charge in [-0.2, -0.15) is 5.10 Å². The van der Waals surface area contributed by atoms with E-state index in [1.54, 1.807) is 0 Å². The molecule has 9 nitrogen and oxygen atoms in total. The topological polar surface area (TPSA) is 133 Å². The van der Waals surface area contributed by atoms with Gasteiger partial charge in [0.25, 0.3) is 5.91 Å². The van der Waals surface area contributed by atoms with E-state index in [9.17, 15) is 14.4 Å².